The summed E-state index contributed by atoms with van der Waals surface area (Å²) >= 11 is 0. The molecule has 1 aliphatic rings. The number of amides is 1. The summed E-state index contributed by atoms with van der Waals surface area (Å²) in [5.74, 6) is 1.08. The molecule has 1 aliphatic heterocycles. The second-order valence-electron chi connectivity index (χ2n) is 4.95. The van der Waals surface area contributed by atoms with E-state index in [-0.39, 0.29) is 11.8 Å². The van der Waals surface area contributed by atoms with Crippen LogP contribution in [0.15, 0.2) is 18.3 Å². The van der Waals surface area contributed by atoms with E-state index in [0.717, 1.165) is 37.4 Å². The summed E-state index contributed by atoms with van der Waals surface area (Å²) in [5.41, 5.74) is 0.761. The Morgan fingerprint density at radius 2 is 2.05 bits per heavy atom. The third kappa shape index (κ3) is 3.70. The van der Waals surface area contributed by atoms with Gasteiger partial charge in [-0.15, -0.1) is 0 Å². The standard InChI is InChI=1S/C15H23N3O2/c1-3-18(4-2)14-6-5-13(11-16-14)17-15(19)12-7-9-20-10-8-12/h5-6,11-12H,3-4,7-10H2,1-2H3,(H,17,19). The molecule has 2 rings (SSSR count). The molecule has 110 valence electrons. The minimum absolute atomic E-state index is 0.0613. The van der Waals surface area contributed by atoms with E-state index in [9.17, 15) is 4.79 Å². The molecular formula is C15H23N3O2. The Morgan fingerprint density at radius 1 is 1.35 bits per heavy atom. The Labute approximate surface area is 120 Å². The molecule has 0 unspecified atom stereocenters. The van der Waals surface area contributed by atoms with Crippen LogP contribution in [0.4, 0.5) is 11.5 Å². The van der Waals surface area contributed by atoms with Crippen molar-refractivity contribution in [1.82, 2.24) is 4.98 Å². The molecule has 5 nitrogen and oxygen atoms in total. The number of hydrogen-bond donors (Lipinski definition) is 1. The van der Waals surface area contributed by atoms with Gasteiger partial charge >= 0.3 is 0 Å². The first-order valence-electron chi connectivity index (χ1n) is 7.34. The molecule has 1 aromatic heterocycles. The Bertz CT molecular complexity index is 423. The third-order valence-corrected chi connectivity index (χ3v) is 3.69. The van der Waals surface area contributed by atoms with Crippen LogP contribution in [0.3, 0.4) is 0 Å². The Kier molecular flexibility index (Phi) is 5.35. The van der Waals surface area contributed by atoms with Crippen LogP contribution in [-0.2, 0) is 9.53 Å². The van der Waals surface area contributed by atoms with Crippen molar-refractivity contribution in [3.63, 3.8) is 0 Å². The lowest BCUT2D eigenvalue weighted by Gasteiger charge is -2.22. The minimum atomic E-state index is 0.0613. The predicted octanol–water partition coefficient (Wildman–Crippen LogP) is 2.29. The zero-order valence-corrected chi connectivity index (χ0v) is 12.3. The fraction of sp³-hybridized carbons (Fsp3) is 0.600. The fourth-order valence-corrected chi connectivity index (χ4v) is 2.40. The lowest BCUT2D eigenvalue weighted by atomic mass is 9.99. The maximum Gasteiger partial charge on any atom is 0.227 e. The van der Waals surface area contributed by atoms with Crippen molar-refractivity contribution >= 4 is 17.4 Å². The van der Waals surface area contributed by atoms with Crippen molar-refractivity contribution in [2.75, 3.05) is 36.5 Å². The maximum atomic E-state index is 12.1. The largest absolute Gasteiger partial charge is 0.381 e. The highest BCUT2D eigenvalue weighted by Gasteiger charge is 2.21. The minimum Gasteiger partial charge on any atom is -0.381 e. The number of carbonyl (C=O) groups is 1. The smallest absolute Gasteiger partial charge is 0.227 e. The highest BCUT2D eigenvalue weighted by atomic mass is 16.5. The predicted molar refractivity (Wildman–Crippen MR) is 80.0 cm³/mol. The van der Waals surface area contributed by atoms with Crippen LogP contribution in [0.5, 0.6) is 0 Å². The highest BCUT2D eigenvalue weighted by Crippen LogP contribution is 2.18. The zero-order chi connectivity index (χ0) is 14.4. The molecule has 20 heavy (non-hydrogen) atoms. The molecule has 1 fully saturated rings. The van der Waals surface area contributed by atoms with Crippen LogP contribution >= 0.6 is 0 Å². The van der Waals surface area contributed by atoms with E-state index in [4.69, 9.17) is 4.74 Å². The number of hydrogen-bond acceptors (Lipinski definition) is 4. The Hall–Kier alpha value is -1.62. The SMILES string of the molecule is CCN(CC)c1ccc(NC(=O)C2CCOCC2)cn1. The van der Waals surface area contributed by atoms with Crippen LogP contribution in [0.25, 0.3) is 0 Å². The third-order valence-electron chi connectivity index (χ3n) is 3.69. The molecule has 1 aromatic rings. The van der Waals surface area contributed by atoms with Crippen molar-refractivity contribution in [2.24, 2.45) is 5.92 Å². The van der Waals surface area contributed by atoms with Gasteiger partial charge in [0, 0.05) is 32.2 Å². The van der Waals surface area contributed by atoms with Gasteiger partial charge in [0.25, 0.3) is 0 Å². The van der Waals surface area contributed by atoms with Gasteiger partial charge in [-0.1, -0.05) is 0 Å². The summed E-state index contributed by atoms with van der Waals surface area (Å²) in [6, 6.07) is 3.87. The molecule has 0 atom stereocenters. The van der Waals surface area contributed by atoms with E-state index in [1.807, 2.05) is 12.1 Å². The average Bonchev–Trinajstić information content (AvgIpc) is 2.51. The summed E-state index contributed by atoms with van der Waals surface area (Å²) < 4.78 is 5.27. The quantitative estimate of drug-likeness (QED) is 0.897. The van der Waals surface area contributed by atoms with Gasteiger partial charge in [-0.3, -0.25) is 4.79 Å². The van der Waals surface area contributed by atoms with Crippen molar-refractivity contribution < 1.29 is 9.53 Å². The van der Waals surface area contributed by atoms with Gasteiger partial charge in [0.2, 0.25) is 5.91 Å². The van der Waals surface area contributed by atoms with Crippen LogP contribution < -0.4 is 10.2 Å². The van der Waals surface area contributed by atoms with E-state index < -0.39 is 0 Å². The molecule has 1 N–H and O–H groups in total. The van der Waals surface area contributed by atoms with E-state index in [2.05, 4.69) is 29.0 Å². The molecule has 0 saturated carbocycles. The van der Waals surface area contributed by atoms with Crippen LogP contribution in [0.2, 0.25) is 0 Å². The lowest BCUT2D eigenvalue weighted by Crippen LogP contribution is -2.28. The van der Waals surface area contributed by atoms with Crippen molar-refractivity contribution in [1.29, 1.82) is 0 Å². The van der Waals surface area contributed by atoms with Crippen LogP contribution in [0.1, 0.15) is 26.7 Å². The summed E-state index contributed by atoms with van der Waals surface area (Å²) in [6.07, 6.45) is 3.33. The molecule has 1 amide bonds. The molecule has 0 radical (unpaired) electrons. The topological polar surface area (TPSA) is 54.5 Å². The first-order valence-corrected chi connectivity index (χ1v) is 7.34. The van der Waals surface area contributed by atoms with E-state index >= 15 is 0 Å². The molecule has 2 heterocycles. The van der Waals surface area contributed by atoms with Crippen molar-refractivity contribution in [2.45, 2.75) is 26.7 Å². The normalized spacial score (nSPS) is 15.9. The molecule has 0 spiro atoms. The van der Waals surface area contributed by atoms with Crippen LogP contribution in [0, 0.1) is 5.92 Å². The number of pyridine rings is 1. The number of nitrogens with one attached hydrogen (secondary N) is 1. The number of nitrogens with zero attached hydrogens (tertiary/aromatic N) is 2. The van der Waals surface area contributed by atoms with E-state index in [0.29, 0.717) is 13.2 Å². The second kappa shape index (κ2) is 7.24. The van der Waals surface area contributed by atoms with Gasteiger partial charge in [-0.25, -0.2) is 4.98 Å². The number of anilines is 2. The van der Waals surface area contributed by atoms with Gasteiger partial charge in [0.1, 0.15) is 5.82 Å². The van der Waals surface area contributed by atoms with Gasteiger partial charge in [-0.05, 0) is 38.8 Å². The van der Waals surface area contributed by atoms with Crippen molar-refractivity contribution in [3.05, 3.63) is 18.3 Å². The molecule has 0 bridgehead atoms. The van der Waals surface area contributed by atoms with Gasteiger partial charge in [0.15, 0.2) is 0 Å². The lowest BCUT2D eigenvalue weighted by molar-refractivity contribution is -0.122. The average molecular weight is 277 g/mol. The monoisotopic (exact) mass is 277 g/mol. The Balaban J connectivity index is 1.94. The van der Waals surface area contributed by atoms with E-state index in [1.54, 1.807) is 6.20 Å². The maximum absolute atomic E-state index is 12.1. The van der Waals surface area contributed by atoms with Gasteiger partial charge < -0.3 is 15.0 Å². The Morgan fingerprint density at radius 3 is 2.60 bits per heavy atom. The number of rotatable bonds is 5. The second-order valence-corrected chi connectivity index (χ2v) is 4.95. The molecule has 0 aliphatic carbocycles. The summed E-state index contributed by atoms with van der Waals surface area (Å²) in [7, 11) is 0. The first kappa shape index (κ1) is 14.8. The fourth-order valence-electron chi connectivity index (χ4n) is 2.40. The molecule has 1 saturated heterocycles. The summed E-state index contributed by atoms with van der Waals surface area (Å²) in [5, 5.41) is 2.94. The summed E-state index contributed by atoms with van der Waals surface area (Å²) in [4.78, 5) is 18.7. The molecule has 0 aromatic carbocycles. The summed E-state index contributed by atoms with van der Waals surface area (Å²) in [6.45, 7) is 7.42. The molecular weight excluding hydrogens is 254 g/mol. The number of aromatic nitrogens is 1. The van der Waals surface area contributed by atoms with E-state index in [1.165, 1.54) is 0 Å². The number of ether oxygens (including phenoxy) is 1. The highest BCUT2D eigenvalue weighted by molar-refractivity contribution is 5.92. The van der Waals surface area contributed by atoms with Gasteiger partial charge in [0.05, 0.1) is 11.9 Å². The number of carbonyl (C=O) groups excluding carboxylic acids is 1. The van der Waals surface area contributed by atoms with Gasteiger partial charge in [-0.2, -0.15) is 0 Å². The molecule has 5 heteroatoms. The van der Waals surface area contributed by atoms with Crippen LogP contribution in [-0.4, -0.2) is 37.2 Å². The first-order chi connectivity index (χ1) is 9.74. The van der Waals surface area contributed by atoms with Crippen molar-refractivity contribution in [3.8, 4) is 0 Å². The zero-order valence-electron chi connectivity index (χ0n) is 12.3.